The number of hydrogen-bond acceptors (Lipinski definition) is 9. The molecule has 0 aliphatic rings. The molecule has 45 heavy (non-hydrogen) atoms. The molecular weight excluding hydrogens is 592 g/mol. The summed E-state index contributed by atoms with van der Waals surface area (Å²) in [6, 6.07) is 22.4. The van der Waals surface area contributed by atoms with Crippen LogP contribution in [0.1, 0.15) is 48.1 Å². The van der Waals surface area contributed by atoms with Gasteiger partial charge in [-0.15, -0.1) is 11.3 Å². The third kappa shape index (κ3) is 5.82. The Morgan fingerprint density at radius 2 is 1.71 bits per heavy atom. The molecule has 0 aliphatic carbocycles. The van der Waals surface area contributed by atoms with Crippen molar-refractivity contribution in [2.75, 3.05) is 7.11 Å². The Hall–Kier alpha value is -5.29. The van der Waals surface area contributed by atoms with Gasteiger partial charge < -0.3 is 14.4 Å². The first kappa shape index (κ1) is 31.1. The van der Waals surface area contributed by atoms with Gasteiger partial charge in [-0.3, -0.25) is 14.2 Å². The number of ketones is 1. The molecule has 1 unspecified atom stereocenters. The Labute approximate surface area is 262 Å². The molecule has 0 spiro atoms. The number of rotatable bonds is 9. The lowest BCUT2D eigenvalue weighted by atomic mass is 9.98. The molecule has 0 bridgehead atoms. The van der Waals surface area contributed by atoms with E-state index in [4.69, 9.17) is 4.74 Å². The molecule has 10 nitrogen and oxygen atoms in total. The molecule has 0 amide bonds. The maximum atomic E-state index is 14.0. The number of aromatic nitrogens is 4. The van der Waals surface area contributed by atoms with E-state index >= 15 is 0 Å². The van der Waals surface area contributed by atoms with Crippen molar-refractivity contribution < 1.29 is 19.2 Å². The number of carbonyl (C=O) groups is 1. The molecule has 11 heteroatoms. The predicted octanol–water partition coefficient (Wildman–Crippen LogP) is 5.71. The molecule has 0 saturated heterocycles. The zero-order valence-corrected chi connectivity index (χ0v) is 25.0. The number of hydrogen-bond donors (Lipinski definition) is 0. The standard InChI is InChI=1S/C33H28N4O6S.CH4/c1-4-24-17-27-30(39)37(19(2)28(38)22-13-15-23(42-3)16-14-22)33(41)36(31(27)44-24)18-20-9-11-21(12-10-20)25-7-5-6-8-26(25)29-34-32(40)43-35-29;/h5-17,19H,4,18H2,1-3H3,(H,34,35,40);1H4/p-1. The topological polar surface area (TPSA) is 132 Å². The van der Waals surface area contributed by atoms with Crippen LogP contribution in [0.5, 0.6) is 11.8 Å². The van der Waals surface area contributed by atoms with Crippen LogP contribution in [0.2, 0.25) is 0 Å². The quantitative estimate of drug-likeness (QED) is 0.187. The van der Waals surface area contributed by atoms with Gasteiger partial charge in [0.1, 0.15) is 16.6 Å². The van der Waals surface area contributed by atoms with Gasteiger partial charge in [-0.1, -0.05) is 62.9 Å². The largest absolute Gasteiger partial charge is 0.528 e. The summed E-state index contributed by atoms with van der Waals surface area (Å²) in [5, 5.41) is 15.7. The van der Waals surface area contributed by atoms with Gasteiger partial charge in [-0.2, -0.15) is 5.16 Å². The lowest BCUT2D eigenvalue weighted by Gasteiger charge is -2.17. The first-order valence-electron chi connectivity index (χ1n) is 13.9. The first-order chi connectivity index (χ1) is 21.3. The Bertz CT molecular complexity index is 2110. The molecule has 0 radical (unpaired) electrons. The van der Waals surface area contributed by atoms with Gasteiger partial charge in [0.15, 0.2) is 17.7 Å². The summed E-state index contributed by atoms with van der Waals surface area (Å²) < 4.78 is 12.4. The number of fused-ring (bicyclic) bond motifs is 1. The lowest BCUT2D eigenvalue weighted by molar-refractivity contribution is -0.303. The Kier molecular flexibility index (Phi) is 8.82. The summed E-state index contributed by atoms with van der Waals surface area (Å²) in [4.78, 5) is 46.5. The maximum absolute atomic E-state index is 14.0. The number of Topliss-reactive ketones (excluding diaryl/α,β-unsaturated/α-hetero) is 1. The van der Waals surface area contributed by atoms with E-state index in [1.54, 1.807) is 35.8 Å². The minimum Gasteiger partial charge on any atom is -0.528 e. The van der Waals surface area contributed by atoms with Gasteiger partial charge in [0.05, 0.1) is 19.0 Å². The highest BCUT2D eigenvalue weighted by atomic mass is 32.1. The van der Waals surface area contributed by atoms with E-state index in [1.807, 2.05) is 61.5 Å². The van der Waals surface area contributed by atoms with Crippen LogP contribution in [0.25, 0.3) is 32.7 Å². The van der Waals surface area contributed by atoms with Gasteiger partial charge in [-0.05, 0) is 60.4 Å². The van der Waals surface area contributed by atoms with Crippen molar-refractivity contribution in [1.29, 1.82) is 0 Å². The van der Waals surface area contributed by atoms with E-state index in [9.17, 15) is 19.5 Å². The second-order valence-electron chi connectivity index (χ2n) is 10.2. The summed E-state index contributed by atoms with van der Waals surface area (Å²) in [5.41, 5.74) is 2.47. The van der Waals surface area contributed by atoms with Crippen LogP contribution in [0, 0.1) is 0 Å². The van der Waals surface area contributed by atoms with Crippen molar-refractivity contribution in [3.8, 4) is 34.3 Å². The van der Waals surface area contributed by atoms with Crippen molar-refractivity contribution in [3.05, 3.63) is 116 Å². The molecule has 3 aromatic carbocycles. The summed E-state index contributed by atoms with van der Waals surface area (Å²) in [5.74, 6) is 0.451. The second kappa shape index (κ2) is 12.7. The zero-order chi connectivity index (χ0) is 31.0. The van der Waals surface area contributed by atoms with Gasteiger partial charge in [0.25, 0.3) is 5.56 Å². The fourth-order valence-electron chi connectivity index (χ4n) is 5.21. The summed E-state index contributed by atoms with van der Waals surface area (Å²) >= 11 is 1.40. The molecule has 6 aromatic rings. The van der Waals surface area contributed by atoms with Gasteiger partial charge in [0.2, 0.25) is 0 Å². The van der Waals surface area contributed by atoms with E-state index in [2.05, 4.69) is 14.7 Å². The van der Waals surface area contributed by atoms with E-state index < -0.39 is 23.4 Å². The number of carbonyl (C=O) groups excluding carboxylic acids is 1. The van der Waals surface area contributed by atoms with Crippen LogP contribution in [-0.2, 0) is 13.0 Å². The summed E-state index contributed by atoms with van der Waals surface area (Å²) in [6.07, 6.45) is -0.0570. The van der Waals surface area contributed by atoms with Crippen molar-refractivity contribution >= 4 is 27.3 Å². The number of ether oxygens (including phenoxy) is 1. The number of benzene rings is 3. The van der Waals surface area contributed by atoms with Crippen LogP contribution >= 0.6 is 11.3 Å². The highest BCUT2D eigenvalue weighted by molar-refractivity contribution is 7.18. The van der Waals surface area contributed by atoms with Gasteiger partial charge in [-0.25, -0.2) is 14.3 Å². The smallest absolute Gasteiger partial charge is 0.333 e. The van der Waals surface area contributed by atoms with Crippen LogP contribution < -0.4 is 21.1 Å². The van der Waals surface area contributed by atoms with Crippen molar-refractivity contribution in [1.82, 2.24) is 19.3 Å². The van der Waals surface area contributed by atoms with E-state index in [-0.39, 0.29) is 25.6 Å². The fourth-order valence-corrected chi connectivity index (χ4v) is 6.29. The molecule has 3 aromatic heterocycles. The Morgan fingerprint density at radius 3 is 2.33 bits per heavy atom. The molecule has 3 heterocycles. The number of aryl methyl sites for hydroxylation is 1. The van der Waals surface area contributed by atoms with Crippen LogP contribution in [0.3, 0.4) is 0 Å². The third-order valence-electron chi connectivity index (χ3n) is 7.57. The zero-order valence-electron chi connectivity index (χ0n) is 24.1. The average Bonchev–Trinajstić information content (AvgIpc) is 3.70. The van der Waals surface area contributed by atoms with Gasteiger partial charge in [0, 0.05) is 16.0 Å². The minimum absolute atomic E-state index is 0. The van der Waals surface area contributed by atoms with Crippen molar-refractivity contribution in [2.45, 2.75) is 40.3 Å². The molecule has 0 N–H and O–H groups in total. The molecule has 1 atom stereocenters. The monoisotopic (exact) mass is 623 g/mol. The molecule has 0 aliphatic heterocycles. The normalized spacial score (nSPS) is 11.7. The summed E-state index contributed by atoms with van der Waals surface area (Å²) in [6.45, 7) is 3.75. The van der Waals surface area contributed by atoms with E-state index in [0.29, 0.717) is 33.5 Å². The Morgan fingerprint density at radius 1 is 1.02 bits per heavy atom. The van der Waals surface area contributed by atoms with E-state index in [0.717, 1.165) is 26.1 Å². The van der Waals surface area contributed by atoms with Crippen LogP contribution in [-0.4, -0.2) is 32.2 Å². The lowest BCUT2D eigenvalue weighted by Crippen LogP contribution is -2.43. The average molecular weight is 624 g/mol. The molecule has 230 valence electrons. The predicted molar refractivity (Wildman–Crippen MR) is 172 cm³/mol. The molecular formula is C34H31N4O6S-. The number of nitrogens with zero attached hydrogens (tertiary/aromatic N) is 4. The molecule has 6 rings (SSSR count). The molecule has 0 saturated carbocycles. The fraction of sp³-hybridized carbons (Fsp3) is 0.206. The van der Waals surface area contributed by atoms with Crippen LogP contribution in [0.15, 0.2) is 93.0 Å². The van der Waals surface area contributed by atoms with Gasteiger partial charge >= 0.3 is 5.69 Å². The third-order valence-corrected chi connectivity index (χ3v) is 8.87. The highest BCUT2D eigenvalue weighted by Gasteiger charge is 2.25. The van der Waals surface area contributed by atoms with Crippen molar-refractivity contribution in [3.63, 3.8) is 0 Å². The van der Waals surface area contributed by atoms with E-state index in [1.165, 1.54) is 18.4 Å². The SMILES string of the molecule is C.CCc1cc2c(=O)n(C(C)C(=O)c3ccc(OC)cc3)c(=O)n(Cc3ccc(-c4ccccc4-c4noc([O-])n4)cc3)c2s1. The second-order valence-corrected chi connectivity index (χ2v) is 11.3. The number of methoxy groups -OCH3 is 1. The molecule has 0 fully saturated rings. The Balaban J connectivity index is 0.00000400. The highest BCUT2D eigenvalue weighted by Crippen LogP contribution is 2.31. The maximum Gasteiger partial charge on any atom is 0.333 e. The summed E-state index contributed by atoms with van der Waals surface area (Å²) in [7, 11) is 1.54. The van der Waals surface area contributed by atoms with Crippen molar-refractivity contribution in [2.24, 2.45) is 0 Å². The minimum atomic E-state index is -1.03. The van der Waals surface area contributed by atoms with Crippen LogP contribution in [0.4, 0.5) is 0 Å². The number of thiophene rings is 1. The first-order valence-corrected chi connectivity index (χ1v) is 14.8.